The molecule has 0 bridgehead atoms. The van der Waals surface area contributed by atoms with Crippen molar-refractivity contribution in [3.8, 4) is 0 Å². The fourth-order valence-electron chi connectivity index (χ4n) is 2.33. The van der Waals surface area contributed by atoms with Gasteiger partial charge in [0.1, 0.15) is 0 Å². The average molecular weight is 336 g/mol. The zero-order chi connectivity index (χ0) is 15.5. The molecule has 1 unspecified atom stereocenters. The maximum atomic E-state index is 12.1. The Morgan fingerprint density at radius 2 is 2.14 bits per heavy atom. The van der Waals surface area contributed by atoms with E-state index in [0.29, 0.717) is 22.5 Å². The Labute approximate surface area is 136 Å². The molecule has 1 atom stereocenters. The second-order valence-corrected chi connectivity index (χ2v) is 6.43. The summed E-state index contributed by atoms with van der Waals surface area (Å²) in [4.78, 5) is 28.1. The van der Waals surface area contributed by atoms with Gasteiger partial charge in [0.25, 0.3) is 5.56 Å². The topological polar surface area (TPSA) is 64.0 Å². The summed E-state index contributed by atoms with van der Waals surface area (Å²) < 4.78 is 1.60. The number of hydrogen-bond acceptors (Lipinski definition) is 4. The molecule has 1 aromatic carbocycles. The maximum absolute atomic E-state index is 12.1. The van der Waals surface area contributed by atoms with E-state index >= 15 is 0 Å². The van der Waals surface area contributed by atoms with Crippen LogP contribution >= 0.6 is 23.4 Å². The molecule has 0 saturated heterocycles. The van der Waals surface area contributed by atoms with Crippen LogP contribution in [-0.2, 0) is 11.3 Å². The minimum absolute atomic E-state index is 0.0795. The Morgan fingerprint density at radius 3 is 2.91 bits per heavy atom. The number of carbonyl (C=O) groups excluding carboxylic acids is 1. The summed E-state index contributed by atoms with van der Waals surface area (Å²) in [7, 11) is 0. The molecule has 5 nitrogen and oxygen atoms in total. The van der Waals surface area contributed by atoms with Crippen LogP contribution in [0.25, 0.3) is 0 Å². The Morgan fingerprint density at radius 1 is 1.36 bits per heavy atom. The van der Waals surface area contributed by atoms with Crippen LogP contribution in [0, 0.1) is 0 Å². The number of benzene rings is 1. The monoisotopic (exact) mass is 335 g/mol. The molecule has 1 aliphatic rings. The van der Waals surface area contributed by atoms with Crippen molar-refractivity contribution in [2.24, 2.45) is 0 Å². The number of hydrogen-bond donors (Lipinski definition) is 1. The highest BCUT2D eigenvalue weighted by molar-refractivity contribution is 7.99. The SMILES string of the molecule is O=C(CC1CSc2nccc(=O)n21)NCc1ccc(Cl)cc1. The maximum Gasteiger partial charge on any atom is 0.254 e. The molecule has 0 aliphatic carbocycles. The smallest absolute Gasteiger partial charge is 0.254 e. The van der Waals surface area contributed by atoms with E-state index in [0.717, 1.165) is 5.56 Å². The number of amides is 1. The van der Waals surface area contributed by atoms with E-state index in [1.54, 1.807) is 16.7 Å². The van der Waals surface area contributed by atoms with Gasteiger partial charge in [0.2, 0.25) is 5.91 Å². The van der Waals surface area contributed by atoms with E-state index in [4.69, 9.17) is 11.6 Å². The number of rotatable bonds is 4. The molecule has 114 valence electrons. The highest BCUT2D eigenvalue weighted by atomic mass is 35.5. The van der Waals surface area contributed by atoms with Gasteiger partial charge in [0.15, 0.2) is 5.16 Å². The Hall–Kier alpha value is -1.79. The van der Waals surface area contributed by atoms with E-state index < -0.39 is 0 Å². The van der Waals surface area contributed by atoms with Crippen LogP contribution < -0.4 is 10.9 Å². The number of halogens is 1. The fraction of sp³-hybridized carbons (Fsp3) is 0.267. The lowest BCUT2D eigenvalue weighted by molar-refractivity contribution is -0.121. The zero-order valence-corrected chi connectivity index (χ0v) is 13.2. The fourth-order valence-corrected chi connectivity index (χ4v) is 3.58. The Kier molecular flexibility index (Phi) is 4.49. The lowest BCUT2D eigenvalue weighted by Crippen LogP contribution is -2.30. The lowest BCUT2D eigenvalue weighted by Gasteiger charge is -2.12. The second kappa shape index (κ2) is 6.54. The first-order valence-corrected chi connectivity index (χ1v) is 8.21. The predicted octanol–water partition coefficient (Wildman–Crippen LogP) is 2.25. The average Bonchev–Trinajstić information content (AvgIpc) is 2.91. The minimum Gasteiger partial charge on any atom is -0.352 e. The van der Waals surface area contributed by atoms with Gasteiger partial charge < -0.3 is 5.32 Å². The van der Waals surface area contributed by atoms with Gasteiger partial charge in [0, 0.05) is 36.0 Å². The molecule has 1 N–H and O–H groups in total. The number of nitrogens with one attached hydrogen (secondary N) is 1. The van der Waals surface area contributed by atoms with Crippen molar-refractivity contribution >= 4 is 29.3 Å². The molecule has 22 heavy (non-hydrogen) atoms. The van der Waals surface area contributed by atoms with E-state index in [9.17, 15) is 9.59 Å². The van der Waals surface area contributed by atoms with Gasteiger partial charge in [-0.1, -0.05) is 35.5 Å². The van der Waals surface area contributed by atoms with Crippen LogP contribution in [0.4, 0.5) is 0 Å². The molecule has 0 radical (unpaired) electrons. The second-order valence-electron chi connectivity index (χ2n) is 5.01. The predicted molar refractivity (Wildman–Crippen MR) is 86.2 cm³/mol. The third kappa shape index (κ3) is 3.34. The molecule has 1 amide bonds. The summed E-state index contributed by atoms with van der Waals surface area (Å²) >= 11 is 7.33. The normalized spacial score (nSPS) is 16.3. The summed E-state index contributed by atoms with van der Waals surface area (Å²) in [5.74, 6) is 0.616. The van der Waals surface area contributed by atoms with E-state index in [-0.39, 0.29) is 23.9 Å². The van der Waals surface area contributed by atoms with Crippen LogP contribution in [-0.4, -0.2) is 21.2 Å². The molecular formula is C15H14ClN3O2S. The van der Waals surface area contributed by atoms with Crippen molar-refractivity contribution in [2.75, 3.05) is 5.75 Å². The molecule has 0 spiro atoms. The van der Waals surface area contributed by atoms with Crippen molar-refractivity contribution < 1.29 is 4.79 Å². The summed E-state index contributed by atoms with van der Waals surface area (Å²) in [6, 6.07) is 8.62. The zero-order valence-electron chi connectivity index (χ0n) is 11.7. The van der Waals surface area contributed by atoms with Crippen molar-refractivity contribution in [3.63, 3.8) is 0 Å². The van der Waals surface area contributed by atoms with Crippen LogP contribution in [0.3, 0.4) is 0 Å². The van der Waals surface area contributed by atoms with Gasteiger partial charge in [-0.25, -0.2) is 4.98 Å². The summed E-state index contributed by atoms with van der Waals surface area (Å²) in [5, 5.41) is 4.22. The van der Waals surface area contributed by atoms with Gasteiger partial charge >= 0.3 is 0 Å². The van der Waals surface area contributed by atoms with Crippen LogP contribution in [0.2, 0.25) is 5.02 Å². The molecule has 7 heteroatoms. The molecule has 0 fully saturated rings. The van der Waals surface area contributed by atoms with Crippen molar-refractivity contribution in [1.29, 1.82) is 0 Å². The number of nitrogens with zero attached hydrogens (tertiary/aromatic N) is 2. The van der Waals surface area contributed by atoms with Crippen molar-refractivity contribution in [1.82, 2.24) is 14.9 Å². The standard InChI is InChI=1S/C15H14ClN3O2S/c16-11-3-1-10(2-4-11)8-18-13(20)7-12-9-22-15-17-6-5-14(21)19(12)15/h1-6,12H,7-9H2,(H,18,20). The molecule has 3 rings (SSSR count). The molecule has 1 aromatic heterocycles. The van der Waals surface area contributed by atoms with Crippen LogP contribution in [0.1, 0.15) is 18.0 Å². The quantitative estimate of drug-likeness (QED) is 0.870. The van der Waals surface area contributed by atoms with Crippen molar-refractivity contribution in [3.05, 3.63) is 57.5 Å². The van der Waals surface area contributed by atoms with Gasteiger partial charge in [0.05, 0.1) is 6.04 Å². The first-order valence-electron chi connectivity index (χ1n) is 6.85. The first kappa shape index (κ1) is 15.1. The summed E-state index contributed by atoms with van der Waals surface area (Å²) in [5.41, 5.74) is 0.878. The lowest BCUT2D eigenvalue weighted by atomic mass is 10.2. The number of thioether (sulfide) groups is 1. The van der Waals surface area contributed by atoms with Gasteiger partial charge in [-0.05, 0) is 17.7 Å². The third-order valence-corrected chi connectivity index (χ3v) is 4.80. The summed E-state index contributed by atoms with van der Waals surface area (Å²) in [6.45, 7) is 0.449. The largest absolute Gasteiger partial charge is 0.352 e. The Bertz CT molecular complexity index is 745. The highest BCUT2D eigenvalue weighted by Gasteiger charge is 2.26. The molecule has 0 saturated carbocycles. The highest BCUT2D eigenvalue weighted by Crippen LogP contribution is 2.31. The Balaban J connectivity index is 1.60. The first-order chi connectivity index (χ1) is 10.6. The molecular weight excluding hydrogens is 322 g/mol. The summed E-state index contributed by atoms with van der Waals surface area (Å²) in [6.07, 6.45) is 1.78. The van der Waals surface area contributed by atoms with Crippen LogP contribution in [0.5, 0.6) is 0 Å². The number of aromatic nitrogens is 2. The van der Waals surface area contributed by atoms with Crippen LogP contribution in [0.15, 0.2) is 46.5 Å². The van der Waals surface area contributed by atoms with Gasteiger partial charge in [-0.3, -0.25) is 14.2 Å². The molecule has 1 aliphatic heterocycles. The number of fused-ring (bicyclic) bond motifs is 1. The molecule has 2 aromatic rings. The van der Waals surface area contributed by atoms with Gasteiger partial charge in [-0.2, -0.15) is 0 Å². The van der Waals surface area contributed by atoms with E-state index in [2.05, 4.69) is 10.3 Å². The molecule has 2 heterocycles. The number of carbonyl (C=O) groups is 1. The van der Waals surface area contributed by atoms with Gasteiger partial charge in [-0.15, -0.1) is 0 Å². The van der Waals surface area contributed by atoms with E-state index in [1.165, 1.54) is 24.0 Å². The van der Waals surface area contributed by atoms with Crippen molar-refractivity contribution in [2.45, 2.75) is 24.2 Å². The third-order valence-electron chi connectivity index (χ3n) is 3.44. The van der Waals surface area contributed by atoms with E-state index in [1.807, 2.05) is 12.1 Å². The minimum atomic E-state index is -0.133.